The lowest BCUT2D eigenvalue weighted by atomic mass is 9.83. The lowest BCUT2D eigenvalue weighted by molar-refractivity contribution is -0.176. The number of carbonyl (C=O) groups excluding carboxylic acids is 1. The Morgan fingerprint density at radius 1 is 1.37 bits per heavy atom. The Hall–Kier alpha value is -1.92. The van der Waals surface area contributed by atoms with Gasteiger partial charge in [-0.3, -0.25) is 9.59 Å². The molecule has 0 aliphatic rings. The van der Waals surface area contributed by atoms with Crippen LogP contribution < -0.4 is 5.73 Å². The Labute approximate surface area is 110 Å². The van der Waals surface area contributed by atoms with Crippen LogP contribution in [0.4, 0.5) is 0 Å². The minimum Gasteiger partial charge on any atom is -0.480 e. The van der Waals surface area contributed by atoms with Crippen LogP contribution in [0.5, 0.6) is 0 Å². The number of aliphatic hydroxyl groups is 1. The third kappa shape index (κ3) is 3.10. The molecule has 19 heavy (non-hydrogen) atoms. The molecule has 1 aromatic carbocycles. The fourth-order valence-corrected chi connectivity index (χ4v) is 1.63. The van der Waals surface area contributed by atoms with Gasteiger partial charge in [-0.1, -0.05) is 30.3 Å². The monoisotopic (exact) mass is 267 g/mol. The van der Waals surface area contributed by atoms with Crippen LogP contribution in [-0.4, -0.2) is 34.8 Å². The highest BCUT2D eigenvalue weighted by Gasteiger charge is 2.51. The first-order valence-corrected chi connectivity index (χ1v) is 5.77. The number of aliphatic carboxylic acids is 1. The number of carboxylic acids is 1. The molecule has 104 valence electrons. The van der Waals surface area contributed by atoms with E-state index in [1.165, 1.54) is 6.92 Å². The summed E-state index contributed by atoms with van der Waals surface area (Å²) in [5.74, 6) is -2.54. The minimum atomic E-state index is -2.13. The van der Waals surface area contributed by atoms with Crippen LogP contribution >= 0.6 is 0 Å². The van der Waals surface area contributed by atoms with Gasteiger partial charge in [0.05, 0.1) is 6.10 Å². The molecule has 1 rings (SSSR count). The molecule has 0 aliphatic heterocycles. The summed E-state index contributed by atoms with van der Waals surface area (Å²) in [4.78, 5) is 23.1. The summed E-state index contributed by atoms with van der Waals surface area (Å²) in [6, 6.07) is 8.82. The van der Waals surface area contributed by atoms with Crippen molar-refractivity contribution in [1.82, 2.24) is 0 Å². The van der Waals surface area contributed by atoms with E-state index in [0.29, 0.717) is 0 Å². The number of nitrogens with two attached hydrogens (primary N) is 1. The molecule has 0 aromatic heterocycles. The second-order valence-corrected chi connectivity index (χ2v) is 4.22. The number of rotatable bonds is 6. The van der Waals surface area contributed by atoms with Crippen LogP contribution in [0.25, 0.3) is 0 Å². The number of hydrogen-bond acceptors (Lipinski definition) is 5. The maximum Gasteiger partial charge on any atom is 0.327 e. The van der Waals surface area contributed by atoms with Crippen molar-refractivity contribution in [2.24, 2.45) is 11.1 Å². The third-order valence-electron chi connectivity index (χ3n) is 2.99. The SMILES string of the molecule is C[C@@H](O)[C@@](CN)(C(=O)O)C(=O)OCc1ccccc1. The predicted octanol–water partition coefficient (Wildman–Crippen LogP) is 0.140. The molecule has 0 radical (unpaired) electrons. The normalized spacial score (nSPS) is 15.3. The summed E-state index contributed by atoms with van der Waals surface area (Å²) < 4.78 is 4.95. The highest BCUT2D eigenvalue weighted by molar-refractivity contribution is 6.00. The number of aliphatic hydroxyl groups excluding tert-OH is 1. The van der Waals surface area contributed by atoms with Crippen molar-refractivity contribution in [3.63, 3.8) is 0 Å². The van der Waals surface area contributed by atoms with Gasteiger partial charge in [0.2, 0.25) is 5.41 Å². The summed E-state index contributed by atoms with van der Waals surface area (Å²) in [6.07, 6.45) is -1.45. The van der Waals surface area contributed by atoms with Crippen LogP contribution in [0, 0.1) is 5.41 Å². The number of carbonyl (C=O) groups is 2. The van der Waals surface area contributed by atoms with Crippen molar-refractivity contribution in [3.05, 3.63) is 35.9 Å². The van der Waals surface area contributed by atoms with Crippen molar-refractivity contribution < 1.29 is 24.5 Å². The molecule has 0 amide bonds. The van der Waals surface area contributed by atoms with E-state index in [0.717, 1.165) is 5.56 Å². The first-order valence-electron chi connectivity index (χ1n) is 5.77. The molecular formula is C13H17NO5. The molecule has 1 aromatic rings. The zero-order chi connectivity index (χ0) is 14.5. The molecule has 0 aliphatic carbocycles. The van der Waals surface area contributed by atoms with Gasteiger partial charge in [0.15, 0.2) is 0 Å². The lowest BCUT2D eigenvalue weighted by Crippen LogP contribution is -2.53. The maximum absolute atomic E-state index is 11.9. The van der Waals surface area contributed by atoms with E-state index in [2.05, 4.69) is 0 Å². The van der Waals surface area contributed by atoms with E-state index in [1.54, 1.807) is 24.3 Å². The maximum atomic E-state index is 11.9. The Balaban J connectivity index is 2.82. The molecular weight excluding hydrogens is 250 g/mol. The molecule has 0 unspecified atom stereocenters. The molecule has 0 heterocycles. The zero-order valence-corrected chi connectivity index (χ0v) is 10.6. The Kier molecular flexibility index (Phi) is 5.02. The Morgan fingerprint density at radius 2 is 1.95 bits per heavy atom. The molecule has 2 atom stereocenters. The van der Waals surface area contributed by atoms with E-state index in [4.69, 9.17) is 15.6 Å². The molecule has 0 bridgehead atoms. The van der Waals surface area contributed by atoms with Crippen molar-refractivity contribution in [2.75, 3.05) is 6.54 Å². The van der Waals surface area contributed by atoms with E-state index in [1.807, 2.05) is 6.07 Å². The molecule has 0 saturated carbocycles. The van der Waals surface area contributed by atoms with Gasteiger partial charge in [-0.2, -0.15) is 0 Å². The van der Waals surface area contributed by atoms with Crippen LogP contribution in [0.15, 0.2) is 30.3 Å². The smallest absolute Gasteiger partial charge is 0.327 e. The van der Waals surface area contributed by atoms with Gasteiger partial charge in [-0.15, -0.1) is 0 Å². The number of esters is 1. The van der Waals surface area contributed by atoms with Crippen LogP contribution in [0.2, 0.25) is 0 Å². The minimum absolute atomic E-state index is 0.0680. The lowest BCUT2D eigenvalue weighted by Gasteiger charge is -2.28. The topological polar surface area (TPSA) is 110 Å². The number of benzene rings is 1. The van der Waals surface area contributed by atoms with Crippen LogP contribution in [-0.2, 0) is 20.9 Å². The van der Waals surface area contributed by atoms with Crippen LogP contribution in [0.1, 0.15) is 12.5 Å². The van der Waals surface area contributed by atoms with Gasteiger partial charge in [0.1, 0.15) is 6.61 Å². The van der Waals surface area contributed by atoms with Crippen molar-refractivity contribution in [3.8, 4) is 0 Å². The van der Waals surface area contributed by atoms with Gasteiger partial charge in [-0.25, -0.2) is 0 Å². The average Bonchev–Trinajstić information content (AvgIpc) is 2.38. The van der Waals surface area contributed by atoms with E-state index >= 15 is 0 Å². The summed E-state index contributed by atoms with van der Waals surface area (Å²) >= 11 is 0. The largest absolute Gasteiger partial charge is 0.480 e. The molecule has 6 heteroatoms. The molecule has 0 saturated heterocycles. The molecule has 0 spiro atoms. The fourth-order valence-electron chi connectivity index (χ4n) is 1.63. The van der Waals surface area contributed by atoms with E-state index in [9.17, 15) is 14.7 Å². The standard InChI is InChI=1S/C13H17NO5/c1-9(15)13(8-14,11(16)17)12(18)19-7-10-5-3-2-4-6-10/h2-6,9,15H,7-8,14H2,1H3,(H,16,17)/t9-,13+/m1/s1. The van der Waals surface area contributed by atoms with Crippen LogP contribution in [0.3, 0.4) is 0 Å². The molecule has 4 N–H and O–H groups in total. The van der Waals surface area contributed by atoms with Crippen molar-refractivity contribution in [1.29, 1.82) is 0 Å². The number of carboxylic acid groups (broad SMARTS) is 1. The number of ether oxygens (including phenoxy) is 1. The Bertz CT molecular complexity index is 446. The average molecular weight is 267 g/mol. The summed E-state index contributed by atoms with van der Waals surface area (Å²) in [7, 11) is 0. The fraction of sp³-hybridized carbons (Fsp3) is 0.385. The quantitative estimate of drug-likeness (QED) is 0.499. The summed E-state index contributed by atoms with van der Waals surface area (Å²) in [5.41, 5.74) is 3.93. The highest BCUT2D eigenvalue weighted by Crippen LogP contribution is 2.24. The van der Waals surface area contributed by atoms with Gasteiger partial charge in [0, 0.05) is 6.54 Å². The second-order valence-electron chi connectivity index (χ2n) is 4.22. The first kappa shape index (κ1) is 15.1. The van der Waals surface area contributed by atoms with Gasteiger partial charge < -0.3 is 20.7 Å². The van der Waals surface area contributed by atoms with Crippen molar-refractivity contribution >= 4 is 11.9 Å². The second kappa shape index (κ2) is 6.31. The Morgan fingerprint density at radius 3 is 2.37 bits per heavy atom. The number of hydrogen-bond donors (Lipinski definition) is 3. The van der Waals surface area contributed by atoms with E-state index < -0.39 is 30.0 Å². The molecule has 0 fully saturated rings. The predicted molar refractivity (Wildman–Crippen MR) is 67.0 cm³/mol. The zero-order valence-electron chi connectivity index (χ0n) is 10.6. The summed E-state index contributed by atoms with van der Waals surface area (Å²) in [6.45, 7) is 0.597. The summed E-state index contributed by atoms with van der Waals surface area (Å²) in [5, 5.41) is 18.7. The first-order chi connectivity index (χ1) is 8.95. The third-order valence-corrected chi connectivity index (χ3v) is 2.99. The van der Waals surface area contributed by atoms with Gasteiger partial charge >= 0.3 is 11.9 Å². The van der Waals surface area contributed by atoms with Crippen molar-refractivity contribution in [2.45, 2.75) is 19.6 Å². The molecule has 6 nitrogen and oxygen atoms in total. The van der Waals surface area contributed by atoms with Gasteiger partial charge in [-0.05, 0) is 12.5 Å². The highest BCUT2D eigenvalue weighted by atomic mass is 16.5. The van der Waals surface area contributed by atoms with E-state index in [-0.39, 0.29) is 6.61 Å². The van der Waals surface area contributed by atoms with Gasteiger partial charge in [0.25, 0.3) is 0 Å².